The number of amides is 1. The smallest absolute Gasteiger partial charge is 0.276 e. The van der Waals surface area contributed by atoms with Crippen molar-refractivity contribution in [2.45, 2.75) is 39.3 Å². The third kappa shape index (κ3) is 3.74. The predicted molar refractivity (Wildman–Crippen MR) is 98.3 cm³/mol. The number of likely N-dealkylation sites (tertiary alicyclic amines) is 1. The van der Waals surface area contributed by atoms with Crippen molar-refractivity contribution < 1.29 is 9.32 Å². The topological polar surface area (TPSA) is 92.3 Å². The van der Waals surface area contributed by atoms with Crippen LogP contribution in [-0.2, 0) is 6.54 Å². The Labute approximate surface area is 158 Å². The molecule has 2 aromatic heterocycles. The van der Waals surface area contributed by atoms with E-state index in [-0.39, 0.29) is 11.9 Å². The number of rotatable bonds is 5. The molecule has 146 valence electrons. The average molecular weight is 373 g/mol. The normalized spacial score (nSPS) is 21.1. The second kappa shape index (κ2) is 7.77. The summed E-state index contributed by atoms with van der Waals surface area (Å²) in [4.78, 5) is 17.3. The molecule has 4 heterocycles. The summed E-state index contributed by atoms with van der Waals surface area (Å²) in [7, 11) is 0. The third-order valence-corrected chi connectivity index (χ3v) is 5.55. The first-order valence-corrected chi connectivity index (χ1v) is 9.70. The summed E-state index contributed by atoms with van der Waals surface area (Å²) in [6, 6.07) is 0.00903. The van der Waals surface area contributed by atoms with Crippen molar-refractivity contribution >= 4 is 5.91 Å². The molecule has 0 aromatic carbocycles. The molecule has 0 bridgehead atoms. The number of hydrogen-bond acceptors (Lipinski definition) is 7. The molecule has 0 spiro atoms. The predicted octanol–water partition coefficient (Wildman–Crippen LogP) is 0.765. The fourth-order valence-corrected chi connectivity index (χ4v) is 4.11. The number of aromatic nitrogens is 4. The van der Waals surface area contributed by atoms with Gasteiger partial charge in [-0.1, -0.05) is 10.4 Å². The molecule has 1 N–H and O–H groups in total. The lowest BCUT2D eigenvalue weighted by Crippen LogP contribution is -2.44. The first-order valence-electron chi connectivity index (χ1n) is 9.70. The molecule has 9 heteroatoms. The van der Waals surface area contributed by atoms with Crippen LogP contribution in [0.5, 0.6) is 0 Å². The average Bonchev–Trinajstić information content (AvgIpc) is 3.41. The summed E-state index contributed by atoms with van der Waals surface area (Å²) in [5, 5.41) is 15.7. The molecule has 2 fully saturated rings. The molecule has 0 radical (unpaired) electrons. The van der Waals surface area contributed by atoms with Gasteiger partial charge in [-0.05, 0) is 26.7 Å². The molecule has 27 heavy (non-hydrogen) atoms. The summed E-state index contributed by atoms with van der Waals surface area (Å²) in [5.74, 6) is 0.725. The zero-order valence-electron chi connectivity index (χ0n) is 16.0. The fraction of sp³-hybridized carbons (Fsp3) is 0.667. The standard InChI is InChI=1S/C18H27N7O2/c1-13-17(14(2)27-21-13)16-4-3-7-25(16)18(26)15-12-24(22-20-15)11-10-23-8-5-19-6-9-23/h12,16,19H,3-11H2,1-2H3/t16-/m1/s1. The number of carbonyl (C=O) groups is 1. The third-order valence-electron chi connectivity index (χ3n) is 5.55. The van der Waals surface area contributed by atoms with Crippen molar-refractivity contribution in [2.75, 3.05) is 39.3 Å². The number of hydrogen-bond donors (Lipinski definition) is 1. The second-order valence-corrected chi connectivity index (χ2v) is 7.35. The van der Waals surface area contributed by atoms with E-state index in [0.29, 0.717) is 5.69 Å². The Kier molecular flexibility index (Phi) is 5.22. The van der Waals surface area contributed by atoms with Crippen molar-refractivity contribution in [3.63, 3.8) is 0 Å². The van der Waals surface area contributed by atoms with E-state index in [2.05, 4.69) is 25.7 Å². The van der Waals surface area contributed by atoms with E-state index < -0.39 is 0 Å². The zero-order chi connectivity index (χ0) is 18.8. The number of nitrogens with zero attached hydrogens (tertiary/aromatic N) is 6. The van der Waals surface area contributed by atoms with Gasteiger partial charge >= 0.3 is 0 Å². The Morgan fingerprint density at radius 1 is 1.26 bits per heavy atom. The van der Waals surface area contributed by atoms with Gasteiger partial charge in [0.15, 0.2) is 5.69 Å². The first-order chi connectivity index (χ1) is 13.1. The molecule has 0 saturated carbocycles. The van der Waals surface area contributed by atoms with Crippen molar-refractivity contribution in [2.24, 2.45) is 0 Å². The number of aryl methyl sites for hydroxylation is 2. The Bertz CT molecular complexity index is 774. The van der Waals surface area contributed by atoms with Crippen LogP contribution in [0.2, 0.25) is 0 Å². The molecule has 1 atom stereocenters. The van der Waals surface area contributed by atoms with E-state index in [4.69, 9.17) is 4.52 Å². The Morgan fingerprint density at radius 3 is 2.81 bits per heavy atom. The minimum Gasteiger partial charge on any atom is -0.361 e. The summed E-state index contributed by atoms with van der Waals surface area (Å²) in [5.41, 5.74) is 2.30. The lowest BCUT2D eigenvalue weighted by atomic mass is 10.0. The number of nitrogens with one attached hydrogen (secondary N) is 1. The van der Waals surface area contributed by atoms with Crippen molar-refractivity contribution in [1.82, 2.24) is 35.3 Å². The molecule has 9 nitrogen and oxygen atoms in total. The van der Waals surface area contributed by atoms with Gasteiger partial charge in [0.05, 0.1) is 24.5 Å². The van der Waals surface area contributed by atoms with E-state index in [1.54, 1.807) is 10.9 Å². The van der Waals surface area contributed by atoms with Gasteiger partial charge in [-0.3, -0.25) is 14.4 Å². The quantitative estimate of drug-likeness (QED) is 0.827. The van der Waals surface area contributed by atoms with E-state index >= 15 is 0 Å². The molecule has 0 unspecified atom stereocenters. The van der Waals surface area contributed by atoms with Crippen LogP contribution >= 0.6 is 0 Å². The largest absolute Gasteiger partial charge is 0.361 e. The minimum atomic E-state index is -0.0640. The van der Waals surface area contributed by atoms with Gasteiger partial charge in [0.25, 0.3) is 5.91 Å². The van der Waals surface area contributed by atoms with Crippen LogP contribution in [0.4, 0.5) is 0 Å². The molecular formula is C18H27N7O2. The van der Waals surface area contributed by atoms with Crippen LogP contribution in [0.25, 0.3) is 0 Å². The van der Waals surface area contributed by atoms with Gasteiger partial charge in [-0.25, -0.2) is 0 Å². The molecular weight excluding hydrogens is 346 g/mol. The fourth-order valence-electron chi connectivity index (χ4n) is 4.11. The van der Waals surface area contributed by atoms with E-state index in [0.717, 1.165) is 75.7 Å². The van der Waals surface area contributed by atoms with Gasteiger partial charge in [0.1, 0.15) is 5.76 Å². The molecule has 0 aliphatic carbocycles. The van der Waals surface area contributed by atoms with E-state index in [9.17, 15) is 4.79 Å². The molecule has 4 rings (SSSR count). The first kappa shape index (κ1) is 18.1. The molecule has 2 aromatic rings. The van der Waals surface area contributed by atoms with Crippen LogP contribution in [-0.4, -0.2) is 75.1 Å². The van der Waals surface area contributed by atoms with Crippen LogP contribution < -0.4 is 5.32 Å². The zero-order valence-corrected chi connectivity index (χ0v) is 16.0. The summed E-state index contributed by atoms with van der Waals surface area (Å²) < 4.78 is 7.08. The number of carbonyl (C=O) groups excluding carboxylic acids is 1. The van der Waals surface area contributed by atoms with Gasteiger partial charge < -0.3 is 14.7 Å². The SMILES string of the molecule is Cc1noc(C)c1[C@H]1CCCN1C(=O)c1cn(CCN2CCNCC2)nn1. The van der Waals surface area contributed by atoms with E-state index in [1.165, 1.54) is 0 Å². The molecule has 2 aliphatic rings. The monoisotopic (exact) mass is 373 g/mol. The van der Waals surface area contributed by atoms with Crippen molar-refractivity contribution in [3.8, 4) is 0 Å². The van der Waals surface area contributed by atoms with Crippen LogP contribution in [0.1, 0.15) is 46.4 Å². The highest BCUT2D eigenvalue weighted by Gasteiger charge is 2.35. The van der Waals surface area contributed by atoms with Crippen LogP contribution in [0.15, 0.2) is 10.7 Å². The van der Waals surface area contributed by atoms with Crippen LogP contribution in [0, 0.1) is 13.8 Å². The maximum Gasteiger partial charge on any atom is 0.276 e. The Morgan fingerprint density at radius 2 is 2.07 bits per heavy atom. The number of piperazine rings is 1. The van der Waals surface area contributed by atoms with Gasteiger partial charge in [0.2, 0.25) is 0 Å². The Balaban J connectivity index is 1.42. The van der Waals surface area contributed by atoms with Gasteiger partial charge in [-0.15, -0.1) is 5.10 Å². The Hall–Kier alpha value is -2.26. The van der Waals surface area contributed by atoms with Gasteiger partial charge in [0, 0.05) is 44.8 Å². The summed E-state index contributed by atoms with van der Waals surface area (Å²) in [6.45, 7) is 10.4. The highest BCUT2D eigenvalue weighted by Crippen LogP contribution is 2.36. The lowest BCUT2D eigenvalue weighted by Gasteiger charge is -2.26. The summed E-state index contributed by atoms with van der Waals surface area (Å²) >= 11 is 0. The second-order valence-electron chi connectivity index (χ2n) is 7.35. The maximum absolute atomic E-state index is 13.0. The molecule has 1 amide bonds. The van der Waals surface area contributed by atoms with Crippen molar-refractivity contribution in [1.29, 1.82) is 0 Å². The highest BCUT2D eigenvalue weighted by atomic mass is 16.5. The lowest BCUT2D eigenvalue weighted by molar-refractivity contribution is 0.0728. The van der Waals surface area contributed by atoms with Crippen LogP contribution in [0.3, 0.4) is 0 Å². The highest BCUT2D eigenvalue weighted by molar-refractivity contribution is 5.92. The molecule has 2 saturated heterocycles. The van der Waals surface area contributed by atoms with Crippen molar-refractivity contribution in [3.05, 3.63) is 28.9 Å². The van der Waals surface area contributed by atoms with E-state index in [1.807, 2.05) is 18.7 Å². The minimum absolute atomic E-state index is 0.00903. The van der Waals surface area contributed by atoms with Gasteiger partial charge in [-0.2, -0.15) is 0 Å². The summed E-state index contributed by atoms with van der Waals surface area (Å²) in [6.07, 6.45) is 3.66. The maximum atomic E-state index is 13.0. The molecule has 2 aliphatic heterocycles.